The van der Waals surface area contributed by atoms with Gasteiger partial charge in [0.25, 0.3) is 5.56 Å². The molecule has 1 fully saturated rings. The van der Waals surface area contributed by atoms with Crippen LogP contribution in [-0.4, -0.2) is 21.9 Å². The molecule has 0 aromatic carbocycles. The summed E-state index contributed by atoms with van der Waals surface area (Å²) in [4.78, 5) is 12.2. The van der Waals surface area contributed by atoms with Gasteiger partial charge in [-0.25, -0.2) is 4.68 Å². The zero-order valence-electron chi connectivity index (χ0n) is 12.1. The van der Waals surface area contributed by atoms with Crippen molar-refractivity contribution in [2.24, 2.45) is 11.7 Å². The lowest BCUT2D eigenvalue weighted by atomic mass is 9.91. The Morgan fingerprint density at radius 1 is 1.50 bits per heavy atom. The molecule has 1 aromatic heterocycles. The molecule has 0 spiro atoms. The van der Waals surface area contributed by atoms with E-state index in [9.17, 15) is 4.79 Å². The molecule has 6 heteroatoms. The summed E-state index contributed by atoms with van der Waals surface area (Å²) < 4.78 is 2.05. The van der Waals surface area contributed by atoms with E-state index in [-0.39, 0.29) is 17.6 Å². The average Bonchev–Trinajstić information content (AvgIpc) is 2.40. The first-order valence-corrected chi connectivity index (χ1v) is 8.06. The van der Waals surface area contributed by atoms with E-state index in [0.29, 0.717) is 16.9 Å². The Labute approximate surface area is 128 Å². The van der Waals surface area contributed by atoms with Gasteiger partial charge in [0, 0.05) is 18.6 Å². The third-order valence-corrected chi connectivity index (χ3v) is 4.45. The van der Waals surface area contributed by atoms with Crippen LogP contribution < -0.4 is 16.6 Å². The molecule has 0 aliphatic heterocycles. The van der Waals surface area contributed by atoms with Gasteiger partial charge in [-0.15, -0.1) is 0 Å². The molecule has 3 N–H and O–H groups in total. The van der Waals surface area contributed by atoms with Crippen LogP contribution in [0, 0.1) is 5.92 Å². The molecule has 1 aliphatic rings. The van der Waals surface area contributed by atoms with Gasteiger partial charge < -0.3 is 11.1 Å². The SMILES string of the molecule is CC(C)Cn1ncc(N[C@@H]2CCCC[C@H]2N)c(Br)c1=O. The largest absolute Gasteiger partial charge is 0.378 e. The third-order valence-electron chi connectivity index (χ3n) is 3.68. The molecule has 2 rings (SSSR count). The smallest absolute Gasteiger partial charge is 0.283 e. The molecule has 0 saturated heterocycles. The number of nitrogens with one attached hydrogen (secondary N) is 1. The highest BCUT2D eigenvalue weighted by Gasteiger charge is 2.23. The van der Waals surface area contributed by atoms with Crippen molar-refractivity contribution >= 4 is 21.6 Å². The minimum absolute atomic E-state index is 0.0897. The van der Waals surface area contributed by atoms with Gasteiger partial charge in [-0.05, 0) is 34.7 Å². The van der Waals surface area contributed by atoms with Gasteiger partial charge >= 0.3 is 0 Å². The Hall–Kier alpha value is -0.880. The summed E-state index contributed by atoms with van der Waals surface area (Å²) in [6, 6.07) is 0.371. The Kier molecular flexibility index (Phi) is 5.21. The number of hydrogen-bond donors (Lipinski definition) is 2. The van der Waals surface area contributed by atoms with Crippen molar-refractivity contribution < 1.29 is 0 Å². The van der Waals surface area contributed by atoms with Gasteiger partial charge in [-0.1, -0.05) is 26.7 Å². The normalized spacial score (nSPS) is 23.1. The first-order chi connectivity index (χ1) is 9.49. The summed E-state index contributed by atoms with van der Waals surface area (Å²) >= 11 is 3.39. The summed E-state index contributed by atoms with van der Waals surface area (Å²) in [5.41, 5.74) is 6.79. The molecule has 1 aromatic rings. The van der Waals surface area contributed by atoms with Crippen molar-refractivity contribution in [2.45, 2.75) is 58.2 Å². The summed E-state index contributed by atoms with van der Waals surface area (Å²) in [6.45, 7) is 4.76. The van der Waals surface area contributed by atoms with Crippen molar-refractivity contribution in [1.82, 2.24) is 9.78 Å². The minimum atomic E-state index is -0.0897. The van der Waals surface area contributed by atoms with Crippen molar-refractivity contribution in [2.75, 3.05) is 5.32 Å². The lowest BCUT2D eigenvalue weighted by Gasteiger charge is -2.30. The van der Waals surface area contributed by atoms with Crippen molar-refractivity contribution in [1.29, 1.82) is 0 Å². The van der Waals surface area contributed by atoms with Gasteiger partial charge in [-0.3, -0.25) is 4.79 Å². The summed E-state index contributed by atoms with van der Waals surface area (Å²) in [6.07, 6.45) is 6.17. The molecule has 2 atom stereocenters. The molecular formula is C14H23BrN4O. The summed E-state index contributed by atoms with van der Waals surface area (Å²) in [7, 11) is 0. The first kappa shape index (κ1) is 15.5. The van der Waals surface area contributed by atoms with E-state index in [1.54, 1.807) is 6.20 Å². The Morgan fingerprint density at radius 2 is 2.20 bits per heavy atom. The van der Waals surface area contributed by atoms with Gasteiger partial charge in [0.2, 0.25) is 0 Å². The zero-order valence-corrected chi connectivity index (χ0v) is 13.7. The number of nitrogens with two attached hydrogens (primary N) is 1. The third kappa shape index (κ3) is 3.61. The Balaban J connectivity index is 2.16. The van der Waals surface area contributed by atoms with E-state index in [4.69, 9.17) is 5.73 Å². The topological polar surface area (TPSA) is 72.9 Å². The highest BCUT2D eigenvalue weighted by atomic mass is 79.9. The molecule has 20 heavy (non-hydrogen) atoms. The van der Waals surface area contributed by atoms with Gasteiger partial charge in [0.1, 0.15) is 4.47 Å². The van der Waals surface area contributed by atoms with E-state index < -0.39 is 0 Å². The average molecular weight is 343 g/mol. The standard InChI is InChI=1S/C14H23BrN4O/c1-9(2)8-19-14(20)13(15)12(7-17-19)18-11-6-4-3-5-10(11)16/h7,9-11,18H,3-6,8,16H2,1-2H3/t10-,11-/m1/s1. The second-order valence-electron chi connectivity index (χ2n) is 5.95. The highest BCUT2D eigenvalue weighted by molar-refractivity contribution is 9.10. The molecule has 1 aliphatic carbocycles. The zero-order chi connectivity index (χ0) is 14.7. The molecule has 1 saturated carbocycles. The summed E-state index contributed by atoms with van der Waals surface area (Å²) in [5, 5.41) is 7.61. The van der Waals surface area contributed by atoms with Crippen LogP contribution in [0.5, 0.6) is 0 Å². The number of nitrogens with zero attached hydrogens (tertiary/aromatic N) is 2. The van der Waals surface area contributed by atoms with E-state index in [0.717, 1.165) is 18.5 Å². The number of rotatable bonds is 4. The maximum absolute atomic E-state index is 12.2. The lowest BCUT2D eigenvalue weighted by Crippen LogP contribution is -2.43. The molecular weight excluding hydrogens is 320 g/mol. The van der Waals surface area contributed by atoms with Crippen molar-refractivity contribution in [3.05, 3.63) is 21.0 Å². The summed E-state index contributed by atoms with van der Waals surface area (Å²) in [5.74, 6) is 0.387. The number of anilines is 1. The number of halogens is 1. The highest BCUT2D eigenvalue weighted by Crippen LogP contribution is 2.23. The molecule has 0 unspecified atom stereocenters. The van der Waals surface area contributed by atoms with Crippen LogP contribution in [-0.2, 0) is 6.54 Å². The van der Waals surface area contributed by atoms with E-state index in [1.165, 1.54) is 17.5 Å². The first-order valence-electron chi connectivity index (χ1n) is 7.26. The van der Waals surface area contributed by atoms with Crippen LogP contribution >= 0.6 is 15.9 Å². The second-order valence-corrected chi connectivity index (χ2v) is 6.75. The monoisotopic (exact) mass is 342 g/mol. The van der Waals surface area contributed by atoms with Crippen LogP contribution in [0.4, 0.5) is 5.69 Å². The van der Waals surface area contributed by atoms with E-state index in [1.807, 2.05) is 0 Å². The van der Waals surface area contributed by atoms with Crippen LogP contribution in [0.1, 0.15) is 39.5 Å². The number of aromatic nitrogens is 2. The van der Waals surface area contributed by atoms with E-state index >= 15 is 0 Å². The van der Waals surface area contributed by atoms with Crippen LogP contribution in [0.3, 0.4) is 0 Å². The molecule has 0 bridgehead atoms. The molecule has 0 amide bonds. The van der Waals surface area contributed by atoms with E-state index in [2.05, 4.69) is 40.2 Å². The maximum Gasteiger partial charge on any atom is 0.283 e. The molecule has 1 heterocycles. The minimum Gasteiger partial charge on any atom is -0.378 e. The lowest BCUT2D eigenvalue weighted by molar-refractivity contribution is 0.403. The van der Waals surface area contributed by atoms with Crippen LogP contribution in [0.15, 0.2) is 15.5 Å². The predicted octanol–water partition coefficient (Wildman–Crippen LogP) is 2.34. The molecule has 112 valence electrons. The van der Waals surface area contributed by atoms with Gasteiger partial charge in [-0.2, -0.15) is 5.10 Å². The Morgan fingerprint density at radius 3 is 2.85 bits per heavy atom. The van der Waals surface area contributed by atoms with Crippen molar-refractivity contribution in [3.63, 3.8) is 0 Å². The van der Waals surface area contributed by atoms with Gasteiger partial charge in [0.05, 0.1) is 11.9 Å². The second kappa shape index (κ2) is 6.72. The Bertz CT molecular complexity index is 514. The molecule has 0 radical (unpaired) electrons. The van der Waals surface area contributed by atoms with Crippen molar-refractivity contribution in [3.8, 4) is 0 Å². The predicted molar refractivity (Wildman–Crippen MR) is 84.9 cm³/mol. The van der Waals surface area contributed by atoms with Crippen LogP contribution in [0.25, 0.3) is 0 Å². The molecule has 5 nitrogen and oxygen atoms in total. The fourth-order valence-electron chi connectivity index (χ4n) is 2.58. The quantitative estimate of drug-likeness (QED) is 0.880. The maximum atomic E-state index is 12.2. The fraction of sp³-hybridized carbons (Fsp3) is 0.714. The fourth-order valence-corrected chi connectivity index (χ4v) is 3.00. The number of hydrogen-bond acceptors (Lipinski definition) is 4. The van der Waals surface area contributed by atoms with Gasteiger partial charge in [0.15, 0.2) is 0 Å². The van der Waals surface area contributed by atoms with Crippen LogP contribution in [0.2, 0.25) is 0 Å².